The number of urea groups is 1. The molecule has 1 aliphatic heterocycles. The van der Waals surface area contributed by atoms with Crippen molar-refractivity contribution >= 4 is 17.6 Å². The SMILES string of the molecule is Cc1cccc(NC(=O)NC(=O)CN2C[C@@H](C)C[C@H](C)C2)c1C. The predicted octanol–water partition coefficient (Wildman–Crippen LogP) is 2.93. The minimum atomic E-state index is -0.471. The van der Waals surface area contributed by atoms with Crippen LogP contribution >= 0.6 is 0 Å². The van der Waals surface area contributed by atoms with E-state index in [2.05, 4.69) is 29.4 Å². The fourth-order valence-electron chi connectivity index (χ4n) is 3.33. The minimum absolute atomic E-state index is 0.255. The van der Waals surface area contributed by atoms with E-state index in [1.54, 1.807) is 0 Å². The third kappa shape index (κ3) is 5.06. The lowest BCUT2D eigenvalue weighted by atomic mass is 9.92. The molecule has 3 amide bonds. The van der Waals surface area contributed by atoms with Gasteiger partial charge in [-0.25, -0.2) is 4.79 Å². The zero-order valence-corrected chi connectivity index (χ0v) is 14.5. The molecule has 1 fully saturated rings. The lowest BCUT2D eigenvalue weighted by Crippen LogP contribution is -2.46. The van der Waals surface area contributed by atoms with E-state index in [0.717, 1.165) is 29.9 Å². The summed E-state index contributed by atoms with van der Waals surface area (Å²) in [6, 6.07) is 5.24. The summed E-state index contributed by atoms with van der Waals surface area (Å²) in [7, 11) is 0. The number of carbonyl (C=O) groups is 2. The average Bonchev–Trinajstić information content (AvgIpc) is 2.42. The number of anilines is 1. The Bertz CT molecular complexity index is 576. The van der Waals surface area contributed by atoms with Crippen molar-refractivity contribution in [2.24, 2.45) is 11.8 Å². The number of piperidine rings is 1. The van der Waals surface area contributed by atoms with Crippen LogP contribution in [0.2, 0.25) is 0 Å². The molecule has 1 aromatic carbocycles. The third-order valence-electron chi connectivity index (χ3n) is 4.42. The van der Waals surface area contributed by atoms with Gasteiger partial charge >= 0.3 is 6.03 Å². The highest BCUT2D eigenvalue weighted by molar-refractivity contribution is 6.02. The Kier molecular flexibility index (Phi) is 5.77. The number of aryl methyl sites for hydroxylation is 1. The smallest absolute Gasteiger partial charge is 0.307 e. The second-order valence-electron chi connectivity index (χ2n) is 6.89. The molecule has 0 spiro atoms. The summed E-state index contributed by atoms with van der Waals surface area (Å²) in [5, 5.41) is 5.17. The molecule has 0 bridgehead atoms. The van der Waals surface area contributed by atoms with Crippen LogP contribution in [0, 0.1) is 25.7 Å². The number of likely N-dealkylation sites (tertiary alicyclic amines) is 1. The molecule has 0 radical (unpaired) electrons. The number of hydrogen-bond acceptors (Lipinski definition) is 3. The average molecular weight is 317 g/mol. The quantitative estimate of drug-likeness (QED) is 0.901. The summed E-state index contributed by atoms with van der Waals surface area (Å²) < 4.78 is 0. The summed E-state index contributed by atoms with van der Waals surface area (Å²) in [5.41, 5.74) is 2.84. The monoisotopic (exact) mass is 317 g/mol. The lowest BCUT2D eigenvalue weighted by molar-refractivity contribution is -0.121. The van der Waals surface area contributed by atoms with Gasteiger partial charge in [-0.05, 0) is 49.3 Å². The molecule has 1 aliphatic rings. The van der Waals surface area contributed by atoms with Crippen molar-refractivity contribution in [1.82, 2.24) is 10.2 Å². The van der Waals surface area contributed by atoms with Gasteiger partial charge in [0.1, 0.15) is 0 Å². The first-order chi connectivity index (χ1) is 10.8. The molecule has 1 saturated heterocycles. The highest BCUT2D eigenvalue weighted by Crippen LogP contribution is 2.20. The van der Waals surface area contributed by atoms with E-state index in [4.69, 9.17) is 0 Å². The highest BCUT2D eigenvalue weighted by Gasteiger charge is 2.23. The van der Waals surface area contributed by atoms with Crippen LogP contribution < -0.4 is 10.6 Å². The van der Waals surface area contributed by atoms with Crippen molar-refractivity contribution in [1.29, 1.82) is 0 Å². The number of rotatable bonds is 3. The summed E-state index contributed by atoms with van der Waals surface area (Å²) in [6.07, 6.45) is 1.20. The molecule has 5 nitrogen and oxygen atoms in total. The molecular weight excluding hydrogens is 290 g/mol. The Balaban J connectivity index is 1.85. The molecule has 0 aromatic heterocycles. The Morgan fingerprint density at radius 1 is 1.17 bits per heavy atom. The van der Waals surface area contributed by atoms with E-state index in [0.29, 0.717) is 11.8 Å². The predicted molar refractivity (Wildman–Crippen MR) is 92.5 cm³/mol. The Hall–Kier alpha value is -1.88. The summed E-state index contributed by atoms with van der Waals surface area (Å²) in [5.74, 6) is 0.930. The Morgan fingerprint density at radius 2 is 1.83 bits per heavy atom. The molecule has 0 saturated carbocycles. The molecule has 2 N–H and O–H groups in total. The number of nitrogens with one attached hydrogen (secondary N) is 2. The molecule has 23 heavy (non-hydrogen) atoms. The van der Waals surface area contributed by atoms with Gasteiger partial charge in [-0.1, -0.05) is 26.0 Å². The van der Waals surface area contributed by atoms with Crippen molar-refractivity contribution in [3.05, 3.63) is 29.3 Å². The fourth-order valence-corrected chi connectivity index (χ4v) is 3.33. The Labute approximate surface area is 138 Å². The number of hydrogen-bond donors (Lipinski definition) is 2. The Morgan fingerprint density at radius 3 is 2.48 bits per heavy atom. The van der Waals surface area contributed by atoms with Gasteiger partial charge in [0.15, 0.2) is 0 Å². The molecule has 2 rings (SSSR count). The molecule has 2 atom stereocenters. The zero-order chi connectivity index (χ0) is 17.0. The van der Waals surface area contributed by atoms with Gasteiger partial charge in [0.2, 0.25) is 5.91 Å². The number of carbonyl (C=O) groups excluding carboxylic acids is 2. The first-order valence-corrected chi connectivity index (χ1v) is 8.24. The van der Waals surface area contributed by atoms with Crippen LogP contribution in [0.25, 0.3) is 0 Å². The lowest BCUT2D eigenvalue weighted by Gasteiger charge is -2.34. The van der Waals surface area contributed by atoms with Crippen molar-refractivity contribution in [3.63, 3.8) is 0 Å². The molecule has 0 aliphatic carbocycles. The van der Waals surface area contributed by atoms with Crippen LogP contribution in [0.4, 0.5) is 10.5 Å². The summed E-state index contributed by atoms with van der Waals surface area (Å²) >= 11 is 0. The highest BCUT2D eigenvalue weighted by atomic mass is 16.2. The number of amides is 3. The minimum Gasteiger partial charge on any atom is -0.307 e. The van der Waals surface area contributed by atoms with Gasteiger partial charge in [-0.2, -0.15) is 0 Å². The van der Waals surface area contributed by atoms with E-state index in [-0.39, 0.29) is 12.5 Å². The fraction of sp³-hybridized carbons (Fsp3) is 0.556. The van der Waals surface area contributed by atoms with Gasteiger partial charge in [0.05, 0.1) is 6.54 Å². The van der Waals surface area contributed by atoms with E-state index >= 15 is 0 Å². The van der Waals surface area contributed by atoms with Crippen LogP contribution in [-0.2, 0) is 4.79 Å². The van der Waals surface area contributed by atoms with Gasteiger partial charge in [0, 0.05) is 18.8 Å². The summed E-state index contributed by atoms with van der Waals surface area (Å²) in [4.78, 5) is 26.2. The standard InChI is InChI=1S/C18H27N3O2/c1-12-8-13(2)10-21(9-12)11-17(22)20-18(23)19-16-7-5-6-14(3)15(16)4/h5-7,12-13H,8-11H2,1-4H3,(H2,19,20,22,23)/t12-,13-/m0/s1. The second-order valence-corrected chi connectivity index (χ2v) is 6.89. The van der Waals surface area contributed by atoms with Crippen LogP contribution in [0.15, 0.2) is 18.2 Å². The number of nitrogens with zero attached hydrogens (tertiary/aromatic N) is 1. The van der Waals surface area contributed by atoms with E-state index in [1.165, 1.54) is 6.42 Å². The van der Waals surface area contributed by atoms with Crippen molar-refractivity contribution in [3.8, 4) is 0 Å². The van der Waals surface area contributed by atoms with Crippen LogP contribution in [0.5, 0.6) is 0 Å². The van der Waals surface area contributed by atoms with E-state index in [9.17, 15) is 9.59 Å². The molecule has 5 heteroatoms. The second kappa shape index (κ2) is 7.59. The molecule has 1 heterocycles. The number of benzene rings is 1. The molecular formula is C18H27N3O2. The maximum absolute atomic E-state index is 12.1. The van der Waals surface area contributed by atoms with Gasteiger partial charge < -0.3 is 5.32 Å². The normalized spacial score (nSPS) is 21.7. The van der Waals surface area contributed by atoms with E-state index in [1.807, 2.05) is 32.0 Å². The largest absolute Gasteiger partial charge is 0.325 e. The molecule has 126 valence electrons. The van der Waals surface area contributed by atoms with Crippen molar-refractivity contribution in [2.75, 3.05) is 25.0 Å². The summed E-state index contributed by atoms with van der Waals surface area (Å²) in [6.45, 7) is 10.4. The first-order valence-electron chi connectivity index (χ1n) is 8.24. The first kappa shape index (κ1) is 17.5. The topological polar surface area (TPSA) is 61.4 Å². The molecule has 1 aromatic rings. The van der Waals surface area contributed by atoms with Crippen molar-refractivity contribution in [2.45, 2.75) is 34.1 Å². The van der Waals surface area contributed by atoms with Gasteiger partial charge in [0.25, 0.3) is 0 Å². The molecule has 0 unspecified atom stereocenters. The van der Waals surface area contributed by atoms with Crippen LogP contribution in [-0.4, -0.2) is 36.5 Å². The van der Waals surface area contributed by atoms with E-state index < -0.39 is 6.03 Å². The van der Waals surface area contributed by atoms with Crippen molar-refractivity contribution < 1.29 is 9.59 Å². The third-order valence-corrected chi connectivity index (χ3v) is 4.42. The maximum Gasteiger partial charge on any atom is 0.325 e. The van der Waals surface area contributed by atoms with Crippen LogP contribution in [0.3, 0.4) is 0 Å². The van der Waals surface area contributed by atoms with Gasteiger partial charge in [-0.15, -0.1) is 0 Å². The number of imide groups is 1. The zero-order valence-electron chi connectivity index (χ0n) is 14.5. The van der Waals surface area contributed by atoms with Gasteiger partial charge in [-0.3, -0.25) is 15.0 Å². The van der Waals surface area contributed by atoms with Crippen LogP contribution in [0.1, 0.15) is 31.4 Å². The maximum atomic E-state index is 12.1.